The van der Waals surface area contributed by atoms with Gasteiger partial charge in [-0.25, -0.2) is 9.97 Å². The first-order chi connectivity index (χ1) is 12.4. The Morgan fingerprint density at radius 3 is 2.69 bits per heavy atom. The molecule has 0 unspecified atom stereocenters. The average molecular weight is 356 g/mol. The normalized spacial score (nSPS) is 17.2. The Morgan fingerprint density at radius 1 is 1.31 bits per heavy atom. The molecule has 3 rings (SSSR count). The van der Waals surface area contributed by atoms with Crippen molar-refractivity contribution in [2.45, 2.75) is 32.9 Å². The minimum Gasteiger partial charge on any atom is -0.364 e. The molecule has 2 aromatic heterocycles. The van der Waals surface area contributed by atoms with Gasteiger partial charge < -0.3 is 19.7 Å². The van der Waals surface area contributed by atoms with Gasteiger partial charge in [-0.15, -0.1) is 0 Å². The zero-order valence-electron chi connectivity index (χ0n) is 16.3. The Morgan fingerprint density at radius 2 is 2.08 bits per heavy atom. The van der Waals surface area contributed by atoms with Gasteiger partial charge in [0.05, 0.1) is 6.54 Å². The largest absolute Gasteiger partial charge is 0.364 e. The zero-order chi connectivity index (χ0) is 18.8. The van der Waals surface area contributed by atoms with E-state index >= 15 is 0 Å². The molecular weight excluding hydrogens is 328 g/mol. The second-order valence-corrected chi connectivity index (χ2v) is 7.29. The van der Waals surface area contributed by atoms with Crippen LogP contribution in [0.5, 0.6) is 0 Å². The predicted molar refractivity (Wildman–Crippen MR) is 102 cm³/mol. The number of aromatic nitrogens is 3. The van der Waals surface area contributed by atoms with Crippen molar-refractivity contribution in [3.05, 3.63) is 41.1 Å². The summed E-state index contributed by atoms with van der Waals surface area (Å²) in [6.07, 6.45) is 2.96. The number of aromatic amines is 1. The maximum atomic E-state index is 12.8. The SMILES string of the molecule is Cc1nc(C(=O)N(C)Cc2ccc[nH]2)nc(N2CC[C@@H](N(C)C)C2)c1C. The molecule has 140 valence electrons. The van der Waals surface area contributed by atoms with Gasteiger partial charge in [0.25, 0.3) is 5.91 Å². The number of nitrogens with one attached hydrogen (secondary N) is 1. The topological polar surface area (TPSA) is 68.4 Å². The summed E-state index contributed by atoms with van der Waals surface area (Å²) in [7, 11) is 5.99. The lowest BCUT2D eigenvalue weighted by atomic mass is 10.2. The van der Waals surface area contributed by atoms with Crippen LogP contribution in [0.25, 0.3) is 0 Å². The van der Waals surface area contributed by atoms with Crippen LogP contribution in [-0.4, -0.2) is 70.9 Å². The lowest BCUT2D eigenvalue weighted by molar-refractivity contribution is 0.0771. The number of anilines is 1. The fourth-order valence-electron chi connectivity index (χ4n) is 3.34. The fourth-order valence-corrected chi connectivity index (χ4v) is 3.34. The van der Waals surface area contributed by atoms with Crippen molar-refractivity contribution in [2.24, 2.45) is 0 Å². The Labute approximate surface area is 155 Å². The quantitative estimate of drug-likeness (QED) is 0.885. The number of amides is 1. The van der Waals surface area contributed by atoms with Crippen LogP contribution in [0.1, 0.15) is 34.0 Å². The highest BCUT2D eigenvalue weighted by Crippen LogP contribution is 2.25. The Balaban J connectivity index is 1.82. The van der Waals surface area contributed by atoms with E-state index in [0.29, 0.717) is 12.6 Å². The highest BCUT2D eigenvalue weighted by atomic mass is 16.2. The molecule has 0 spiro atoms. The molecule has 0 bridgehead atoms. The third-order valence-corrected chi connectivity index (χ3v) is 5.16. The minimum atomic E-state index is -0.160. The van der Waals surface area contributed by atoms with Crippen molar-refractivity contribution in [1.29, 1.82) is 0 Å². The van der Waals surface area contributed by atoms with Gasteiger partial charge in [-0.3, -0.25) is 4.79 Å². The van der Waals surface area contributed by atoms with E-state index in [2.05, 4.69) is 38.8 Å². The van der Waals surface area contributed by atoms with E-state index in [1.807, 2.05) is 32.2 Å². The molecule has 1 aliphatic rings. The van der Waals surface area contributed by atoms with Crippen LogP contribution in [0.2, 0.25) is 0 Å². The summed E-state index contributed by atoms with van der Waals surface area (Å²) in [5.41, 5.74) is 2.89. The van der Waals surface area contributed by atoms with Crippen LogP contribution in [0.15, 0.2) is 18.3 Å². The van der Waals surface area contributed by atoms with Gasteiger partial charge in [0, 0.05) is 49.3 Å². The number of carbonyl (C=O) groups is 1. The summed E-state index contributed by atoms with van der Waals surface area (Å²) in [5, 5.41) is 0. The van der Waals surface area contributed by atoms with E-state index in [-0.39, 0.29) is 11.7 Å². The summed E-state index contributed by atoms with van der Waals surface area (Å²) in [5.74, 6) is 0.997. The van der Waals surface area contributed by atoms with E-state index < -0.39 is 0 Å². The summed E-state index contributed by atoms with van der Waals surface area (Å²) >= 11 is 0. The summed E-state index contributed by atoms with van der Waals surface area (Å²) in [6.45, 7) is 6.36. The first kappa shape index (κ1) is 18.4. The number of carbonyl (C=O) groups excluding carboxylic acids is 1. The van der Waals surface area contributed by atoms with Crippen molar-refractivity contribution < 1.29 is 4.79 Å². The molecule has 3 heterocycles. The van der Waals surface area contributed by atoms with Crippen LogP contribution in [-0.2, 0) is 6.54 Å². The molecule has 0 saturated carbocycles. The second kappa shape index (κ2) is 7.45. The summed E-state index contributed by atoms with van der Waals surface area (Å²) in [4.78, 5) is 31.2. The molecule has 1 atom stereocenters. The monoisotopic (exact) mass is 356 g/mol. The number of aryl methyl sites for hydroxylation is 1. The Bertz CT molecular complexity index is 771. The molecule has 1 fully saturated rings. The van der Waals surface area contributed by atoms with Gasteiger partial charge in [-0.2, -0.15) is 0 Å². The maximum Gasteiger partial charge on any atom is 0.291 e. The third-order valence-electron chi connectivity index (χ3n) is 5.16. The van der Waals surface area contributed by atoms with Crippen molar-refractivity contribution >= 4 is 11.7 Å². The molecule has 0 aromatic carbocycles. The number of rotatable bonds is 5. The van der Waals surface area contributed by atoms with Crippen molar-refractivity contribution in [3.63, 3.8) is 0 Å². The third kappa shape index (κ3) is 3.72. The first-order valence-electron chi connectivity index (χ1n) is 9.01. The molecule has 1 aliphatic heterocycles. The second-order valence-electron chi connectivity index (χ2n) is 7.29. The highest BCUT2D eigenvalue weighted by Gasteiger charge is 2.28. The molecule has 2 aromatic rings. The van der Waals surface area contributed by atoms with E-state index in [9.17, 15) is 4.79 Å². The van der Waals surface area contributed by atoms with Crippen LogP contribution in [0.4, 0.5) is 5.82 Å². The molecule has 7 nitrogen and oxygen atoms in total. The van der Waals surface area contributed by atoms with Crippen LogP contribution in [0, 0.1) is 13.8 Å². The van der Waals surface area contributed by atoms with Crippen molar-refractivity contribution in [1.82, 2.24) is 24.8 Å². The predicted octanol–water partition coefficient (Wildman–Crippen LogP) is 1.83. The standard InChI is InChI=1S/C19H28N6O/c1-13-14(2)21-17(19(26)24(5)11-15-7-6-9-20-15)22-18(13)25-10-8-16(12-25)23(3)4/h6-7,9,16,20H,8,10-12H2,1-5H3/t16-/m1/s1. The molecule has 1 saturated heterocycles. The van der Waals surface area contributed by atoms with Gasteiger partial charge in [-0.1, -0.05) is 0 Å². The van der Waals surface area contributed by atoms with Gasteiger partial charge in [0.15, 0.2) is 0 Å². The molecular formula is C19H28N6O. The minimum absolute atomic E-state index is 0.160. The van der Waals surface area contributed by atoms with E-state index in [0.717, 1.165) is 42.3 Å². The highest BCUT2D eigenvalue weighted by molar-refractivity contribution is 5.90. The molecule has 0 aliphatic carbocycles. The fraction of sp³-hybridized carbons (Fsp3) is 0.526. The number of hydrogen-bond acceptors (Lipinski definition) is 5. The van der Waals surface area contributed by atoms with Crippen LogP contribution in [0.3, 0.4) is 0 Å². The summed E-state index contributed by atoms with van der Waals surface area (Å²) < 4.78 is 0. The number of hydrogen-bond donors (Lipinski definition) is 1. The van der Waals surface area contributed by atoms with Gasteiger partial charge in [0.2, 0.25) is 5.82 Å². The van der Waals surface area contributed by atoms with Gasteiger partial charge in [-0.05, 0) is 46.5 Å². The molecule has 0 radical (unpaired) electrons. The Kier molecular flexibility index (Phi) is 5.27. The molecule has 1 N–H and O–H groups in total. The Hall–Kier alpha value is -2.41. The zero-order valence-corrected chi connectivity index (χ0v) is 16.3. The van der Waals surface area contributed by atoms with E-state index in [4.69, 9.17) is 0 Å². The van der Waals surface area contributed by atoms with Crippen molar-refractivity contribution in [2.75, 3.05) is 39.1 Å². The van der Waals surface area contributed by atoms with E-state index in [1.165, 1.54) is 0 Å². The lowest BCUT2D eigenvalue weighted by Gasteiger charge is -2.24. The number of H-pyrrole nitrogens is 1. The number of nitrogens with zero attached hydrogens (tertiary/aromatic N) is 5. The molecule has 7 heteroatoms. The first-order valence-corrected chi connectivity index (χ1v) is 9.01. The van der Waals surface area contributed by atoms with E-state index in [1.54, 1.807) is 11.9 Å². The van der Waals surface area contributed by atoms with Crippen LogP contribution >= 0.6 is 0 Å². The lowest BCUT2D eigenvalue weighted by Crippen LogP contribution is -2.33. The smallest absolute Gasteiger partial charge is 0.291 e. The maximum absolute atomic E-state index is 12.8. The molecule has 1 amide bonds. The van der Waals surface area contributed by atoms with Gasteiger partial charge in [0.1, 0.15) is 5.82 Å². The summed E-state index contributed by atoms with van der Waals surface area (Å²) in [6, 6.07) is 4.40. The van der Waals surface area contributed by atoms with Crippen molar-refractivity contribution in [3.8, 4) is 0 Å². The number of likely N-dealkylation sites (N-methyl/N-ethyl adjacent to an activating group) is 1. The molecule has 26 heavy (non-hydrogen) atoms. The average Bonchev–Trinajstić information content (AvgIpc) is 3.28. The van der Waals surface area contributed by atoms with Crippen LogP contribution < -0.4 is 4.90 Å². The van der Waals surface area contributed by atoms with Gasteiger partial charge >= 0.3 is 0 Å².